The van der Waals surface area contributed by atoms with Gasteiger partial charge in [-0.15, -0.1) is 0 Å². The Morgan fingerprint density at radius 2 is 0.691 bits per heavy atom. The summed E-state index contributed by atoms with van der Waals surface area (Å²) < 4.78 is 2.39. The number of nitrogens with zero attached hydrogens (tertiary/aromatic N) is 2. The Bertz CT molecular complexity index is 3700. The number of anilines is 3. The standard InChI is InChI=1S/C66H46N2/c1-4-20-47(21-5-1)48-38-40-49(41-39-48)50-42-44-54(45-43-50)67(63-35-16-14-32-61(63)60-31-13-12-30-59(60)58-29-11-10-28-56(58)51-22-6-2-7-23-51)55-27-18-24-52(46-55)57-34-19-37-65-66(57)62-33-15-17-36-64(62)68(65)53-25-8-3-9-26-53/h1-46H. The van der Waals surface area contributed by atoms with Gasteiger partial charge in [-0.2, -0.15) is 0 Å². The first kappa shape index (κ1) is 40.5. The molecule has 0 bridgehead atoms. The molecule has 0 unspecified atom stereocenters. The van der Waals surface area contributed by atoms with Crippen molar-refractivity contribution in [2.24, 2.45) is 0 Å². The Hall–Kier alpha value is -8.98. The Morgan fingerprint density at radius 1 is 0.250 bits per heavy atom. The molecule has 1 heterocycles. The normalized spacial score (nSPS) is 11.2. The minimum absolute atomic E-state index is 1.07. The summed E-state index contributed by atoms with van der Waals surface area (Å²) in [5.41, 5.74) is 21.0. The molecule has 0 aliphatic rings. The molecule has 0 N–H and O–H groups in total. The smallest absolute Gasteiger partial charge is 0.0547 e. The lowest BCUT2D eigenvalue weighted by molar-refractivity contribution is 1.18. The molecule has 0 atom stereocenters. The predicted octanol–water partition coefficient (Wildman–Crippen LogP) is 18.3. The van der Waals surface area contributed by atoms with Crippen LogP contribution in [-0.2, 0) is 0 Å². The maximum atomic E-state index is 2.44. The van der Waals surface area contributed by atoms with E-state index in [0.29, 0.717) is 0 Å². The van der Waals surface area contributed by atoms with Crippen molar-refractivity contribution >= 4 is 38.9 Å². The Kier molecular flexibility index (Phi) is 10.6. The summed E-state index contributed by atoms with van der Waals surface area (Å²) in [6.45, 7) is 0. The molecule has 0 radical (unpaired) electrons. The first-order chi connectivity index (χ1) is 33.8. The third-order valence-electron chi connectivity index (χ3n) is 13.2. The first-order valence-electron chi connectivity index (χ1n) is 23.3. The molecule has 68 heavy (non-hydrogen) atoms. The van der Waals surface area contributed by atoms with Gasteiger partial charge in [0.2, 0.25) is 0 Å². The topological polar surface area (TPSA) is 8.17 Å². The lowest BCUT2D eigenvalue weighted by atomic mass is 9.88. The maximum Gasteiger partial charge on any atom is 0.0547 e. The van der Waals surface area contributed by atoms with Crippen molar-refractivity contribution < 1.29 is 0 Å². The van der Waals surface area contributed by atoms with E-state index < -0.39 is 0 Å². The molecule has 12 rings (SSSR count). The zero-order chi connectivity index (χ0) is 45.2. The van der Waals surface area contributed by atoms with Crippen molar-refractivity contribution in [2.75, 3.05) is 4.90 Å². The van der Waals surface area contributed by atoms with E-state index in [2.05, 4.69) is 289 Å². The van der Waals surface area contributed by atoms with Gasteiger partial charge in [0.1, 0.15) is 0 Å². The van der Waals surface area contributed by atoms with E-state index in [1.165, 1.54) is 77.4 Å². The molecule has 0 aliphatic carbocycles. The lowest BCUT2D eigenvalue weighted by Crippen LogP contribution is -2.11. The molecule has 0 aliphatic heterocycles. The van der Waals surface area contributed by atoms with Gasteiger partial charge in [-0.05, 0) is 116 Å². The van der Waals surface area contributed by atoms with Crippen LogP contribution in [0.4, 0.5) is 17.1 Å². The Labute approximate surface area is 397 Å². The summed E-state index contributed by atoms with van der Waals surface area (Å²) in [6, 6.07) is 101. The van der Waals surface area contributed by atoms with Crippen molar-refractivity contribution in [1.82, 2.24) is 4.57 Å². The molecular formula is C66H46N2. The monoisotopic (exact) mass is 866 g/mol. The van der Waals surface area contributed by atoms with Crippen LogP contribution < -0.4 is 4.90 Å². The third-order valence-corrected chi connectivity index (χ3v) is 13.2. The minimum atomic E-state index is 1.07. The quantitative estimate of drug-likeness (QED) is 0.133. The van der Waals surface area contributed by atoms with Gasteiger partial charge in [0.15, 0.2) is 0 Å². The van der Waals surface area contributed by atoms with E-state index in [-0.39, 0.29) is 0 Å². The van der Waals surface area contributed by atoms with Gasteiger partial charge in [0, 0.05) is 33.4 Å². The number of aromatic nitrogens is 1. The number of fused-ring (bicyclic) bond motifs is 3. The molecule has 320 valence electrons. The molecular weight excluding hydrogens is 821 g/mol. The van der Waals surface area contributed by atoms with Crippen LogP contribution in [0.3, 0.4) is 0 Å². The summed E-state index contributed by atoms with van der Waals surface area (Å²) in [6.07, 6.45) is 0. The van der Waals surface area contributed by atoms with E-state index in [9.17, 15) is 0 Å². The number of hydrogen-bond acceptors (Lipinski definition) is 1. The summed E-state index contributed by atoms with van der Waals surface area (Å²) >= 11 is 0. The van der Waals surface area contributed by atoms with Crippen molar-refractivity contribution in [2.45, 2.75) is 0 Å². The number of benzene rings is 11. The van der Waals surface area contributed by atoms with Crippen LogP contribution >= 0.6 is 0 Å². The molecule has 11 aromatic carbocycles. The lowest BCUT2D eigenvalue weighted by Gasteiger charge is -2.29. The minimum Gasteiger partial charge on any atom is -0.310 e. The molecule has 0 fully saturated rings. The molecule has 0 saturated carbocycles. The molecule has 0 saturated heterocycles. The van der Waals surface area contributed by atoms with Crippen LogP contribution in [0.1, 0.15) is 0 Å². The zero-order valence-corrected chi connectivity index (χ0v) is 37.5. The fraction of sp³-hybridized carbons (Fsp3) is 0. The van der Waals surface area contributed by atoms with Gasteiger partial charge in [-0.3, -0.25) is 0 Å². The summed E-state index contributed by atoms with van der Waals surface area (Å²) in [7, 11) is 0. The number of rotatable bonds is 10. The highest BCUT2D eigenvalue weighted by Crippen LogP contribution is 2.47. The van der Waals surface area contributed by atoms with Crippen molar-refractivity contribution in [3.8, 4) is 72.4 Å². The van der Waals surface area contributed by atoms with Crippen molar-refractivity contribution in [1.29, 1.82) is 0 Å². The van der Waals surface area contributed by atoms with Gasteiger partial charge in [0.25, 0.3) is 0 Å². The van der Waals surface area contributed by atoms with E-state index >= 15 is 0 Å². The molecule has 0 spiro atoms. The Morgan fingerprint density at radius 3 is 1.37 bits per heavy atom. The third kappa shape index (κ3) is 7.45. The van der Waals surface area contributed by atoms with Crippen LogP contribution in [0.5, 0.6) is 0 Å². The second-order valence-electron chi connectivity index (χ2n) is 17.2. The summed E-state index contributed by atoms with van der Waals surface area (Å²) in [4.78, 5) is 2.44. The molecule has 12 aromatic rings. The second kappa shape index (κ2) is 17.8. The largest absolute Gasteiger partial charge is 0.310 e. The fourth-order valence-electron chi connectivity index (χ4n) is 10.1. The molecule has 2 nitrogen and oxygen atoms in total. The van der Waals surface area contributed by atoms with Crippen LogP contribution in [0.25, 0.3) is 94.3 Å². The van der Waals surface area contributed by atoms with Gasteiger partial charge in [0.05, 0.1) is 16.7 Å². The second-order valence-corrected chi connectivity index (χ2v) is 17.2. The molecule has 0 amide bonds. The van der Waals surface area contributed by atoms with Crippen LogP contribution in [0.2, 0.25) is 0 Å². The van der Waals surface area contributed by atoms with Crippen LogP contribution in [-0.4, -0.2) is 4.57 Å². The highest BCUT2D eigenvalue weighted by atomic mass is 15.1. The fourth-order valence-corrected chi connectivity index (χ4v) is 10.1. The van der Waals surface area contributed by atoms with Gasteiger partial charge >= 0.3 is 0 Å². The number of hydrogen-bond donors (Lipinski definition) is 0. The average molecular weight is 867 g/mol. The summed E-state index contributed by atoms with van der Waals surface area (Å²) in [5.74, 6) is 0. The molecule has 1 aromatic heterocycles. The SMILES string of the molecule is c1ccc(-c2ccc(-c3ccc(N(c4cccc(-c5cccc6c5c5ccccc5n6-c5ccccc5)c4)c4ccccc4-c4ccccc4-c4ccccc4-c4ccccc4)cc3)cc2)cc1. The van der Waals surface area contributed by atoms with Gasteiger partial charge in [-0.25, -0.2) is 0 Å². The van der Waals surface area contributed by atoms with E-state index in [4.69, 9.17) is 0 Å². The molecule has 2 heteroatoms. The first-order valence-corrected chi connectivity index (χ1v) is 23.3. The van der Waals surface area contributed by atoms with Crippen LogP contribution in [0, 0.1) is 0 Å². The number of para-hydroxylation sites is 3. The average Bonchev–Trinajstić information content (AvgIpc) is 3.77. The van der Waals surface area contributed by atoms with E-state index in [1.54, 1.807) is 0 Å². The van der Waals surface area contributed by atoms with Gasteiger partial charge in [-0.1, -0.05) is 224 Å². The van der Waals surface area contributed by atoms with E-state index in [0.717, 1.165) is 33.9 Å². The van der Waals surface area contributed by atoms with Crippen molar-refractivity contribution in [3.05, 3.63) is 279 Å². The van der Waals surface area contributed by atoms with Crippen molar-refractivity contribution in [3.63, 3.8) is 0 Å². The highest BCUT2D eigenvalue weighted by Gasteiger charge is 2.22. The van der Waals surface area contributed by atoms with E-state index in [1.807, 2.05) is 0 Å². The highest BCUT2D eigenvalue weighted by molar-refractivity contribution is 6.16. The zero-order valence-electron chi connectivity index (χ0n) is 37.5. The Balaban J connectivity index is 1.03. The summed E-state index contributed by atoms with van der Waals surface area (Å²) in [5, 5.41) is 2.47. The predicted molar refractivity (Wildman–Crippen MR) is 288 cm³/mol. The van der Waals surface area contributed by atoms with Crippen LogP contribution in [0.15, 0.2) is 279 Å². The maximum absolute atomic E-state index is 2.44. The van der Waals surface area contributed by atoms with Gasteiger partial charge < -0.3 is 9.47 Å².